The first kappa shape index (κ1) is 8.29. The lowest BCUT2D eigenvalue weighted by Crippen LogP contribution is -2.15. The van der Waals surface area contributed by atoms with Gasteiger partial charge in [-0.15, -0.1) is 6.42 Å². The number of terminal acetylenes is 1. The van der Waals surface area contributed by atoms with Crippen LogP contribution in [0.5, 0.6) is 0 Å². The number of Topliss-reactive ketones (excluding diaryl/α,β-unsaturated/α-hetero) is 1. The third-order valence-corrected chi connectivity index (χ3v) is 2.22. The summed E-state index contributed by atoms with van der Waals surface area (Å²) in [7, 11) is 0. The van der Waals surface area contributed by atoms with Gasteiger partial charge in [-0.2, -0.15) is 0 Å². The Balaban J connectivity index is 2.30. The topological polar surface area (TPSA) is 43.1 Å². The molecule has 2 unspecified atom stereocenters. The fraction of sp³-hybridized carbons (Fsp3) is 0.667. The molecule has 2 heteroatoms. The van der Waals surface area contributed by atoms with Crippen LogP contribution in [0, 0.1) is 18.3 Å². The second-order valence-corrected chi connectivity index (χ2v) is 3.21. The Hall–Kier alpha value is -0.810. The summed E-state index contributed by atoms with van der Waals surface area (Å²) >= 11 is 0. The lowest BCUT2D eigenvalue weighted by Gasteiger charge is -2.04. The minimum absolute atomic E-state index is 0.0795. The van der Waals surface area contributed by atoms with Crippen molar-refractivity contribution < 1.29 is 4.79 Å². The molecule has 1 rings (SSSR count). The van der Waals surface area contributed by atoms with Crippen LogP contribution >= 0.6 is 0 Å². The van der Waals surface area contributed by atoms with Gasteiger partial charge in [0.05, 0.1) is 0 Å². The van der Waals surface area contributed by atoms with Gasteiger partial charge < -0.3 is 5.73 Å². The molecule has 1 saturated carbocycles. The van der Waals surface area contributed by atoms with E-state index in [1.807, 2.05) is 0 Å². The Morgan fingerprint density at radius 3 is 2.82 bits per heavy atom. The molecule has 0 heterocycles. The zero-order valence-corrected chi connectivity index (χ0v) is 6.55. The van der Waals surface area contributed by atoms with Crippen LogP contribution in [0.2, 0.25) is 0 Å². The summed E-state index contributed by atoms with van der Waals surface area (Å²) in [6, 6.07) is 0.297. The summed E-state index contributed by atoms with van der Waals surface area (Å²) in [5.74, 6) is 2.50. The molecule has 11 heavy (non-hydrogen) atoms. The van der Waals surface area contributed by atoms with Crippen LogP contribution in [0.4, 0.5) is 0 Å². The highest BCUT2D eigenvalue weighted by atomic mass is 16.1. The van der Waals surface area contributed by atoms with E-state index >= 15 is 0 Å². The normalized spacial score (nSPS) is 29.8. The molecule has 1 aliphatic rings. The fourth-order valence-corrected chi connectivity index (χ4v) is 1.62. The van der Waals surface area contributed by atoms with Crippen molar-refractivity contribution >= 4 is 5.78 Å². The second kappa shape index (κ2) is 3.54. The highest BCUT2D eigenvalue weighted by Gasteiger charge is 2.22. The van der Waals surface area contributed by atoms with Crippen molar-refractivity contribution in [2.75, 3.05) is 0 Å². The van der Waals surface area contributed by atoms with Crippen molar-refractivity contribution in [3.63, 3.8) is 0 Å². The molecule has 0 amide bonds. The van der Waals surface area contributed by atoms with Gasteiger partial charge >= 0.3 is 0 Å². The number of nitrogens with two attached hydrogens (primary N) is 1. The maximum Gasteiger partial charge on any atom is 0.205 e. The van der Waals surface area contributed by atoms with E-state index in [2.05, 4.69) is 5.92 Å². The second-order valence-electron chi connectivity index (χ2n) is 3.21. The van der Waals surface area contributed by atoms with Gasteiger partial charge in [0.2, 0.25) is 5.78 Å². The smallest absolute Gasteiger partial charge is 0.205 e. The van der Waals surface area contributed by atoms with E-state index in [0.29, 0.717) is 18.4 Å². The van der Waals surface area contributed by atoms with Crippen molar-refractivity contribution in [1.82, 2.24) is 0 Å². The molecule has 0 saturated heterocycles. The Kier molecular flexibility index (Phi) is 2.67. The lowest BCUT2D eigenvalue weighted by atomic mass is 10.0. The van der Waals surface area contributed by atoms with Gasteiger partial charge in [0, 0.05) is 12.5 Å². The first-order valence-electron chi connectivity index (χ1n) is 3.97. The first-order valence-corrected chi connectivity index (χ1v) is 3.97. The van der Waals surface area contributed by atoms with E-state index in [4.69, 9.17) is 12.2 Å². The average Bonchev–Trinajstić information content (AvgIpc) is 2.35. The van der Waals surface area contributed by atoms with Crippen LogP contribution in [0.25, 0.3) is 0 Å². The Morgan fingerprint density at radius 1 is 1.64 bits per heavy atom. The van der Waals surface area contributed by atoms with Crippen molar-refractivity contribution in [2.24, 2.45) is 11.7 Å². The van der Waals surface area contributed by atoms with Gasteiger partial charge in [-0.05, 0) is 31.1 Å². The lowest BCUT2D eigenvalue weighted by molar-refractivity contribution is -0.114. The molecule has 0 aromatic rings. The minimum Gasteiger partial charge on any atom is -0.328 e. The SMILES string of the molecule is C#CC(=O)CC1CCC(N)C1. The molecule has 2 atom stereocenters. The molecule has 1 fully saturated rings. The number of rotatable bonds is 2. The average molecular weight is 151 g/mol. The van der Waals surface area contributed by atoms with Crippen molar-refractivity contribution in [3.8, 4) is 12.3 Å². The van der Waals surface area contributed by atoms with Crippen molar-refractivity contribution in [3.05, 3.63) is 0 Å². The summed E-state index contributed by atoms with van der Waals surface area (Å²) in [6.45, 7) is 0. The quantitative estimate of drug-likeness (QED) is 0.466. The van der Waals surface area contributed by atoms with Gasteiger partial charge in [0.25, 0.3) is 0 Å². The van der Waals surface area contributed by atoms with E-state index in [1.54, 1.807) is 0 Å². The highest BCUT2D eigenvalue weighted by molar-refractivity contribution is 5.94. The molecule has 1 aliphatic carbocycles. The van der Waals surface area contributed by atoms with Crippen LogP contribution in [0.15, 0.2) is 0 Å². The maximum atomic E-state index is 10.8. The molecule has 2 nitrogen and oxygen atoms in total. The fourth-order valence-electron chi connectivity index (χ4n) is 1.62. The van der Waals surface area contributed by atoms with Crippen LogP contribution in [-0.4, -0.2) is 11.8 Å². The van der Waals surface area contributed by atoms with E-state index in [9.17, 15) is 4.79 Å². The summed E-state index contributed by atoms with van der Waals surface area (Å²) in [5.41, 5.74) is 5.68. The van der Waals surface area contributed by atoms with Gasteiger partial charge in [-0.1, -0.05) is 0 Å². The molecular weight excluding hydrogens is 138 g/mol. The Labute approximate surface area is 67.2 Å². The number of carbonyl (C=O) groups excluding carboxylic acids is 1. The zero-order chi connectivity index (χ0) is 8.27. The summed E-state index contributed by atoms with van der Waals surface area (Å²) in [5, 5.41) is 0. The predicted molar refractivity (Wildman–Crippen MR) is 43.8 cm³/mol. The van der Waals surface area contributed by atoms with Gasteiger partial charge in [0.15, 0.2) is 0 Å². The molecule has 0 aromatic heterocycles. The molecule has 0 aromatic carbocycles. The van der Waals surface area contributed by atoms with Gasteiger partial charge in [-0.25, -0.2) is 0 Å². The standard InChI is InChI=1S/C9H13NO/c1-2-9(11)6-7-3-4-8(10)5-7/h1,7-8H,3-6,10H2. The number of ketones is 1. The molecule has 0 spiro atoms. The monoisotopic (exact) mass is 151 g/mol. The van der Waals surface area contributed by atoms with Gasteiger partial charge in [0.1, 0.15) is 0 Å². The third-order valence-electron chi connectivity index (χ3n) is 2.22. The van der Waals surface area contributed by atoms with Crippen LogP contribution < -0.4 is 5.73 Å². The van der Waals surface area contributed by atoms with Gasteiger partial charge in [-0.3, -0.25) is 4.79 Å². The van der Waals surface area contributed by atoms with E-state index in [0.717, 1.165) is 19.3 Å². The summed E-state index contributed by atoms with van der Waals surface area (Å²) in [6.07, 6.45) is 8.56. The number of hydrogen-bond acceptors (Lipinski definition) is 2. The van der Waals surface area contributed by atoms with Crippen molar-refractivity contribution in [1.29, 1.82) is 0 Å². The number of hydrogen-bond donors (Lipinski definition) is 1. The van der Waals surface area contributed by atoms with E-state index < -0.39 is 0 Å². The van der Waals surface area contributed by atoms with Crippen LogP contribution in [0.3, 0.4) is 0 Å². The molecule has 2 N–H and O–H groups in total. The molecular formula is C9H13NO. The predicted octanol–water partition coefficient (Wildman–Crippen LogP) is 0.706. The Morgan fingerprint density at radius 2 is 2.36 bits per heavy atom. The third kappa shape index (κ3) is 2.36. The van der Waals surface area contributed by atoms with E-state index in [-0.39, 0.29) is 5.78 Å². The van der Waals surface area contributed by atoms with Crippen molar-refractivity contribution in [2.45, 2.75) is 31.7 Å². The first-order chi connectivity index (χ1) is 5.22. The molecule has 0 aliphatic heterocycles. The largest absolute Gasteiger partial charge is 0.328 e. The highest BCUT2D eigenvalue weighted by Crippen LogP contribution is 2.26. The van der Waals surface area contributed by atoms with E-state index in [1.165, 1.54) is 0 Å². The summed E-state index contributed by atoms with van der Waals surface area (Å²) in [4.78, 5) is 10.8. The minimum atomic E-state index is -0.0795. The zero-order valence-electron chi connectivity index (χ0n) is 6.55. The maximum absolute atomic E-state index is 10.8. The molecule has 60 valence electrons. The number of carbonyl (C=O) groups is 1. The molecule has 0 bridgehead atoms. The van der Waals surface area contributed by atoms with Crippen LogP contribution in [-0.2, 0) is 4.79 Å². The van der Waals surface area contributed by atoms with Crippen LogP contribution in [0.1, 0.15) is 25.7 Å². The molecule has 0 radical (unpaired) electrons. The Bertz CT molecular complexity index is 192. The summed E-state index contributed by atoms with van der Waals surface area (Å²) < 4.78 is 0.